The van der Waals surface area contributed by atoms with Crippen molar-refractivity contribution in [3.8, 4) is 0 Å². The van der Waals surface area contributed by atoms with Gasteiger partial charge in [0, 0.05) is 0 Å². The molecule has 0 saturated carbocycles. The van der Waals surface area contributed by atoms with Gasteiger partial charge in [-0.05, 0) is 18.1 Å². The molecule has 0 unspecified atom stereocenters. The van der Waals surface area contributed by atoms with Crippen LogP contribution in [0, 0.1) is 0 Å². The van der Waals surface area contributed by atoms with Gasteiger partial charge in [-0.15, -0.1) is 0 Å². The zero-order valence-electron chi connectivity index (χ0n) is 6.90. The molecule has 68 valence electrons. The maximum atomic E-state index is 12.5. The van der Waals surface area contributed by atoms with Crippen LogP contribution in [0.15, 0.2) is 42.2 Å². The average molecular weight is 180 g/mol. The summed E-state index contributed by atoms with van der Waals surface area (Å²) in [4.78, 5) is 10.1. The van der Waals surface area contributed by atoms with Gasteiger partial charge >= 0.3 is 5.97 Å². The van der Waals surface area contributed by atoms with Crippen molar-refractivity contribution in [3.05, 3.63) is 47.8 Å². The zero-order chi connectivity index (χ0) is 9.68. The molecular formula is C10H9FO2. The van der Waals surface area contributed by atoms with E-state index in [0.29, 0.717) is 6.42 Å². The molecule has 13 heavy (non-hydrogen) atoms. The van der Waals surface area contributed by atoms with Gasteiger partial charge in [0.2, 0.25) is 5.83 Å². The summed E-state index contributed by atoms with van der Waals surface area (Å²) in [6.45, 7) is 0. The standard InChI is InChI=1S/C10H9FO2/c11-9(10(12)13)7-6-8-4-2-1-3-5-8/h1-5,7H,6H2,(H,12,13)/b9-7+. The first-order chi connectivity index (χ1) is 6.20. The summed E-state index contributed by atoms with van der Waals surface area (Å²) in [6.07, 6.45) is 1.36. The fourth-order valence-electron chi connectivity index (χ4n) is 0.909. The third kappa shape index (κ3) is 3.07. The minimum absolute atomic E-state index is 0.305. The molecule has 0 aliphatic heterocycles. The van der Waals surface area contributed by atoms with E-state index in [-0.39, 0.29) is 0 Å². The third-order valence-corrected chi connectivity index (χ3v) is 1.56. The molecule has 0 aromatic heterocycles. The maximum Gasteiger partial charge on any atom is 0.364 e. The van der Waals surface area contributed by atoms with Crippen LogP contribution in [-0.2, 0) is 11.2 Å². The Morgan fingerprint density at radius 3 is 2.54 bits per heavy atom. The number of aliphatic carboxylic acids is 1. The Morgan fingerprint density at radius 2 is 2.00 bits per heavy atom. The number of hydrogen-bond acceptors (Lipinski definition) is 1. The minimum Gasteiger partial charge on any atom is -0.476 e. The fourth-order valence-corrected chi connectivity index (χ4v) is 0.909. The lowest BCUT2D eigenvalue weighted by Gasteiger charge is -1.94. The first-order valence-electron chi connectivity index (χ1n) is 3.83. The lowest BCUT2D eigenvalue weighted by molar-refractivity contribution is -0.134. The number of rotatable bonds is 3. The smallest absolute Gasteiger partial charge is 0.364 e. The highest BCUT2D eigenvalue weighted by Crippen LogP contribution is 2.04. The van der Waals surface area contributed by atoms with E-state index < -0.39 is 11.8 Å². The number of halogens is 1. The molecule has 0 aliphatic carbocycles. The van der Waals surface area contributed by atoms with Gasteiger partial charge in [0.05, 0.1) is 0 Å². The summed E-state index contributed by atoms with van der Waals surface area (Å²) in [7, 11) is 0. The van der Waals surface area contributed by atoms with E-state index >= 15 is 0 Å². The molecular weight excluding hydrogens is 171 g/mol. The number of carbonyl (C=O) groups is 1. The Morgan fingerprint density at radius 1 is 1.38 bits per heavy atom. The van der Waals surface area contributed by atoms with Crippen molar-refractivity contribution in [2.24, 2.45) is 0 Å². The average Bonchev–Trinajstić information content (AvgIpc) is 2.15. The van der Waals surface area contributed by atoms with E-state index in [9.17, 15) is 9.18 Å². The topological polar surface area (TPSA) is 37.3 Å². The van der Waals surface area contributed by atoms with Gasteiger partial charge < -0.3 is 5.11 Å². The lowest BCUT2D eigenvalue weighted by Crippen LogP contribution is -1.95. The molecule has 3 heteroatoms. The first-order valence-corrected chi connectivity index (χ1v) is 3.83. The molecule has 0 amide bonds. The molecule has 1 rings (SSSR count). The van der Waals surface area contributed by atoms with Crippen LogP contribution < -0.4 is 0 Å². The van der Waals surface area contributed by atoms with Gasteiger partial charge in [0.1, 0.15) is 0 Å². The van der Waals surface area contributed by atoms with Crippen LogP contribution in [0.25, 0.3) is 0 Å². The lowest BCUT2D eigenvalue weighted by atomic mass is 10.1. The van der Waals surface area contributed by atoms with Crippen LogP contribution in [0.2, 0.25) is 0 Å². The minimum atomic E-state index is -1.52. The highest BCUT2D eigenvalue weighted by Gasteiger charge is 2.03. The normalized spacial score (nSPS) is 11.3. The summed E-state index contributed by atoms with van der Waals surface area (Å²) >= 11 is 0. The summed E-state index contributed by atoms with van der Waals surface area (Å²) in [6, 6.07) is 9.11. The van der Waals surface area contributed by atoms with Gasteiger partial charge in [-0.2, -0.15) is 4.39 Å². The summed E-state index contributed by atoms with van der Waals surface area (Å²) in [5.74, 6) is -2.63. The van der Waals surface area contributed by atoms with Crippen molar-refractivity contribution >= 4 is 5.97 Å². The molecule has 1 N–H and O–H groups in total. The van der Waals surface area contributed by atoms with Crippen molar-refractivity contribution in [2.45, 2.75) is 6.42 Å². The Balaban J connectivity index is 2.62. The van der Waals surface area contributed by atoms with E-state index in [2.05, 4.69) is 0 Å². The maximum absolute atomic E-state index is 12.5. The summed E-state index contributed by atoms with van der Waals surface area (Å²) in [5, 5.41) is 8.22. The second-order valence-corrected chi connectivity index (χ2v) is 2.55. The van der Waals surface area contributed by atoms with Crippen LogP contribution in [0.1, 0.15) is 5.56 Å². The van der Waals surface area contributed by atoms with Gasteiger partial charge in [0.25, 0.3) is 0 Å². The number of benzene rings is 1. The molecule has 0 aliphatic rings. The monoisotopic (exact) mass is 180 g/mol. The van der Waals surface area contributed by atoms with Crippen LogP contribution >= 0.6 is 0 Å². The zero-order valence-corrected chi connectivity index (χ0v) is 6.90. The molecule has 0 saturated heterocycles. The fraction of sp³-hybridized carbons (Fsp3) is 0.100. The van der Waals surface area contributed by atoms with Crippen LogP contribution in [0.5, 0.6) is 0 Å². The molecule has 2 nitrogen and oxygen atoms in total. The molecule has 1 aromatic carbocycles. The van der Waals surface area contributed by atoms with Crippen molar-refractivity contribution < 1.29 is 14.3 Å². The van der Waals surface area contributed by atoms with Crippen LogP contribution in [0.4, 0.5) is 4.39 Å². The third-order valence-electron chi connectivity index (χ3n) is 1.56. The van der Waals surface area contributed by atoms with Gasteiger partial charge in [-0.1, -0.05) is 30.3 Å². The Kier molecular flexibility index (Phi) is 3.20. The van der Waals surface area contributed by atoms with E-state index in [1.165, 1.54) is 0 Å². The second kappa shape index (κ2) is 4.40. The number of carboxylic acids is 1. The quantitative estimate of drug-likeness (QED) is 0.724. The van der Waals surface area contributed by atoms with Gasteiger partial charge in [-0.25, -0.2) is 4.79 Å². The van der Waals surface area contributed by atoms with E-state index in [4.69, 9.17) is 5.11 Å². The van der Waals surface area contributed by atoms with Crippen molar-refractivity contribution in [2.75, 3.05) is 0 Å². The SMILES string of the molecule is O=C(O)/C(F)=C\Cc1ccccc1. The highest BCUT2D eigenvalue weighted by atomic mass is 19.1. The number of allylic oxidation sites excluding steroid dienone is 1. The second-order valence-electron chi connectivity index (χ2n) is 2.55. The predicted molar refractivity (Wildman–Crippen MR) is 47.0 cm³/mol. The Labute approximate surface area is 75.3 Å². The molecule has 0 radical (unpaired) electrons. The molecule has 0 fully saturated rings. The predicted octanol–water partition coefficient (Wildman–Crippen LogP) is 2.17. The van der Waals surface area contributed by atoms with Crippen molar-refractivity contribution in [1.29, 1.82) is 0 Å². The molecule has 0 atom stereocenters. The Bertz CT molecular complexity index is 317. The van der Waals surface area contributed by atoms with Crippen LogP contribution in [-0.4, -0.2) is 11.1 Å². The molecule has 0 bridgehead atoms. The highest BCUT2D eigenvalue weighted by molar-refractivity contribution is 5.83. The summed E-state index contributed by atoms with van der Waals surface area (Å²) in [5.41, 5.74) is 0.888. The van der Waals surface area contributed by atoms with E-state index in [0.717, 1.165) is 11.6 Å². The van der Waals surface area contributed by atoms with Crippen LogP contribution in [0.3, 0.4) is 0 Å². The Hall–Kier alpha value is -1.64. The van der Waals surface area contributed by atoms with Gasteiger partial charge in [0.15, 0.2) is 0 Å². The van der Waals surface area contributed by atoms with Gasteiger partial charge in [-0.3, -0.25) is 0 Å². The largest absolute Gasteiger partial charge is 0.476 e. The molecule has 1 aromatic rings. The van der Waals surface area contributed by atoms with Crippen molar-refractivity contribution in [1.82, 2.24) is 0 Å². The number of carboxylic acid groups (broad SMARTS) is 1. The molecule has 0 spiro atoms. The summed E-state index contributed by atoms with van der Waals surface area (Å²) < 4.78 is 12.5. The van der Waals surface area contributed by atoms with E-state index in [1.807, 2.05) is 30.3 Å². The van der Waals surface area contributed by atoms with Crippen molar-refractivity contribution in [3.63, 3.8) is 0 Å². The first kappa shape index (κ1) is 9.45. The number of hydrogen-bond donors (Lipinski definition) is 1. The molecule has 0 heterocycles. The van der Waals surface area contributed by atoms with E-state index in [1.54, 1.807) is 0 Å².